The molecule has 2 aromatic rings. The number of methoxy groups -OCH3 is 1. The second-order valence-electron chi connectivity index (χ2n) is 3.68. The third-order valence-electron chi connectivity index (χ3n) is 2.55. The van der Waals surface area contributed by atoms with Crippen LogP contribution in [-0.4, -0.2) is 17.9 Å². The molecular formula is C14H13NO2. The van der Waals surface area contributed by atoms with Gasteiger partial charge in [-0.05, 0) is 37.3 Å². The Morgan fingerprint density at radius 1 is 1.24 bits per heavy atom. The van der Waals surface area contributed by atoms with Gasteiger partial charge in [-0.15, -0.1) is 0 Å². The Hall–Kier alpha value is -2.16. The lowest BCUT2D eigenvalue weighted by Gasteiger charge is -2.08. The van der Waals surface area contributed by atoms with Gasteiger partial charge in [0.2, 0.25) is 0 Å². The molecule has 0 aliphatic heterocycles. The molecule has 0 unspecified atom stereocenters. The van der Waals surface area contributed by atoms with Gasteiger partial charge in [0.05, 0.1) is 12.8 Å². The van der Waals surface area contributed by atoms with Gasteiger partial charge in [-0.2, -0.15) is 0 Å². The number of carbonyl (C=O) groups is 1. The summed E-state index contributed by atoms with van der Waals surface area (Å²) in [6.07, 6.45) is 1.71. The van der Waals surface area contributed by atoms with Gasteiger partial charge in [0.15, 0.2) is 5.78 Å². The first-order valence-electron chi connectivity index (χ1n) is 5.33. The highest BCUT2D eigenvalue weighted by Gasteiger charge is 2.11. The van der Waals surface area contributed by atoms with Crippen molar-refractivity contribution in [3.05, 3.63) is 48.2 Å². The third-order valence-corrected chi connectivity index (χ3v) is 2.55. The fraction of sp³-hybridized carbons (Fsp3) is 0.143. The molecule has 17 heavy (non-hydrogen) atoms. The molecule has 3 heteroatoms. The van der Waals surface area contributed by atoms with Crippen molar-refractivity contribution in [1.82, 2.24) is 4.98 Å². The van der Waals surface area contributed by atoms with E-state index in [9.17, 15) is 4.79 Å². The number of benzene rings is 1. The molecule has 0 saturated heterocycles. The van der Waals surface area contributed by atoms with Crippen LogP contribution in [0.25, 0.3) is 11.3 Å². The van der Waals surface area contributed by atoms with Crippen molar-refractivity contribution in [1.29, 1.82) is 0 Å². The van der Waals surface area contributed by atoms with E-state index >= 15 is 0 Å². The molecule has 0 saturated carbocycles. The quantitative estimate of drug-likeness (QED) is 0.757. The van der Waals surface area contributed by atoms with Gasteiger partial charge in [-0.1, -0.05) is 6.07 Å². The second-order valence-corrected chi connectivity index (χ2v) is 3.68. The van der Waals surface area contributed by atoms with Gasteiger partial charge in [0.25, 0.3) is 0 Å². The Morgan fingerprint density at radius 2 is 2.06 bits per heavy atom. The number of aromatic nitrogens is 1. The molecule has 1 aromatic carbocycles. The average Bonchev–Trinajstić information content (AvgIpc) is 2.39. The van der Waals surface area contributed by atoms with Crippen molar-refractivity contribution in [3.63, 3.8) is 0 Å². The standard InChI is InChI=1S/C14H13NO2/c1-10(16)13-9-11(17-2)6-7-12(13)14-5-3-4-8-15-14/h3-9H,1-2H3. The maximum absolute atomic E-state index is 11.6. The van der Waals surface area contributed by atoms with E-state index in [2.05, 4.69) is 4.98 Å². The number of hydrogen-bond acceptors (Lipinski definition) is 3. The summed E-state index contributed by atoms with van der Waals surface area (Å²) in [5, 5.41) is 0. The van der Waals surface area contributed by atoms with Crippen molar-refractivity contribution < 1.29 is 9.53 Å². The zero-order chi connectivity index (χ0) is 12.3. The van der Waals surface area contributed by atoms with E-state index < -0.39 is 0 Å². The Bertz CT molecular complexity index is 535. The normalized spacial score (nSPS) is 10.0. The van der Waals surface area contributed by atoms with Crippen molar-refractivity contribution in [2.45, 2.75) is 6.92 Å². The summed E-state index contributed by atoms with van der Waals surface area (Å²) in [4.78, 5) is 15.9. The van der Waals surface area contributed by atoms with Gasteiger partial charge >= 0.3 is 0 Å². The first-order chi connectivity index (χ1) is 8.22. The molecule has 0 N–H and O–H groups in total. The maximum atomic E-state index is 11.6. The van der Waals surface area contributed by atoms with Gasteiger partial charge in [0, 0.05) is 17.3 Å². The number of ether oxygens (including phenoxy) is 1. The van der Waals surface area contributed by atoms with Crippen LogP contribution in [0.3, 0.4) is 0 Å². The molecule has 2 rings (SSSR count). The summed E-state index contributed by atoms with van der Waals surface area (Å²) in [5.41, 5.74) is 2.25. The highest BCUT2D eigenvalue weighted by Crippen LogP contribution is 2.26. The molecule has 0 radical (unpaired) electrons. The fourth-order valence-electron chi connectivity index (χ4n) is 1.69. The van der Waals surface area contributed by atoms with Crippen LogP contribution in [-0.2, 0) is 0 Å². The smallest absolute Gasteiger partial charge is 0.160 e. The average molecular weight is 227 g/mol. The summed E-state index contributed by atoms with van der Waals surface area (Å²) in [6.45, 7) is 1.54. The SMILES string of the molecule is COc1ccc(-c2ccccn2)c(C(C)=O)c1. The molecule has 86 valence electrons. The Morgan fingerprint density at radius 3 is 2.65 bits per heavy atom. The predicted octanol–water partition coefficient (Wildman–Crippen LogP) is 2.96. The van der Waals surface area contributed by atoms with Gasteiger partial charge in [-0.25, -0.2) is 0 Å². The number of pyridine rings is 1. The predicted molar refractivity (Wildman–Crippen MR) is 66.2 cm³/mol. The van der Waals surface area contributed by atoms with Crippen LogP contribution < -0.4 is 4.74 Å². The van der Waals surface area contributed by atoms with Crippen LogP contribution in [0.15, 0.2) is 42.6 Å². The molecule has 0 spiro atoms. The maximum Gasteiger partial charge on any atom is 0.160 e. The monoisotopic (exact) mass is 227 g/mol. The number of carbonyl (C=O) groups excluding carboxylic acids is 1. The number of Topliss-reactive ketones (excluding diaryl/α,β-unsaturated/α-hetero) is 1. The van der Waals surface area contributed by atoms with E-state index in [0.29, 0.717) is 11.3 Å². The summed E-state index contributed by atoms with van der Waals surface area (Å²) in [6, 6.07) is 11.1. The van der Waals surface area contributed by atoms with Gasteiger partial charge in [-0.3, -0.25) is 9.78 Å². The van der Waals surface area contributed by atoms with Crippen molar-refractivity contribution >= 4 is 5.78 Å². The minimum atomic E-state index is 0.00422. The fourth-order valence-corrected chi connectivity index (χ4v) is 1.69. The third kappa shape index (κ3) is 2.33. The van der Waals surface area contributed by atoms with Crippen LogP contribution in [0.5, 0.6) is 5.75 Å². The summed E-state index contributed by atoms with van der Waals surface area (Å²) in [7, 11) is 1.58. The molecule has 1 heterocycles. The molecule has 3 nitrogen and oxygen atoms in total. The van der Waals surface area contributed by atoms with Crippen LogP contribution in [0.1, 0.15) is 17.3 Å². The summed E-state index contributed by atoms with van der Waals surface area (Å²) < 4.78 is 5.12. The van der Waals surface area contributed by atoms with E-state index in [0.717, 1.165) is 11.3 Å². The highest BCUT2D eigenvalue weighted by molar-refractivity contribution is 6.00. The highest BCUT2D eigenvalue weighted by atomic mass is 16.5. The van der Waals surface area contributed by atoms with Crippen molar-refractivity contribution in [3.8, 4) is 17.0 Å². The topological polar surface area (TPSA) is 39.2 Å². The minimum Gasteiger partial charge on any atom is -0.497 e. The van der Waals surface area contributed by atoms with Crippen LogP contribution in [0, 0.1) is 0 Å². The molecule has 0 aliphatic carbocycles. The first kappa shape index (κ1) is 11.3. The number of rotatable bonds is 3. The molecule has 0 atom stereocenters. The zero-order valence-electron chi connectivity index (χ0n) is 9.81. The zero-order valence-corrected chi connectivity index (χ0v) is 9.81. The molecule has 0 bridgehead atoms. The van der Waals surface area contributed by atoms with Crippen LogP contribution in [0.4, 0.5) is 0 Å². The largest absolute Gasteiger partial charge is 0.497 e. The van der Waals surface area contributed by atoms with Crippen LogP contribution in [0.2, 0.25) is 0 Å². The number of nitrogens with zero attached hydrogens (tertiary/aromatic N) is 1. The molecule has 1 aromatic heterocycles. The van der Waals surface area contributed by atoms with Crippen molar-refractivity contribution in [2.75, 3.05) is 7.11 Å². The Balaban J connectivity index is 2.58. The minimum absolute atomic E-state index is 0.00422. The Kier molecular flexibility index (Phi) is 3.19. The number of ketones is 1. The van der Waals surface area contributed by atoms with Gasteiger partial charge in [0.1, 0.15) is 5.75 Å². The van der Waals surface area contributed by atoms with E-state index in [4.69, 9.17) is 4.74 Å². The van der Waals surface area contributed by atoms with E-state index in [1.54, 1.807) is 26.3 Å². The number of hydrogen-bond donors (Lipinski definition) is 0. The van der Waals surface area contributed by atoms with E-state index in [-0.39, 0.29) is 5.78 Å². The molecular weight excluding hydrogens is 214 g/mol. The van der Waals surface area contributed by atoms with E-state index in [1.165, 1.54) is 0 Å². The molecule has 0 aliphatic rings. The van der Waals surface area contributed by atoms with Crippen LogP contribution >= 0.6 is 0 Å². The van der Waals surface area contributed by atoms with Gasteiger partial charge < -0.3 is 4.74 Å². The second kappa shape index (κ2) is 4.78. The van der Waals surface area contributed by atoms with E-state index in [1.807, 2.05) is 30.3 Å². The first-order valence-corrected chi connectivity index (χ1v) is 5.33. The Labute approximate surface area is 100 Å². The lowest BCUT2D eigenvalue weighted by molar-refractivity contribution is 0.101. The summed E-state index contributed by atoms with van der Waals surface area (Å²) in [5.74, 6) is 0.680. The van der Waals surface area contributed by atoms with Crippen molar-refractivity contribution in [2.24, 2.45) is 0 Å². The molecule has 0 fully saturated rings. The lowest BCUT2D eigenvalue weighted by atomic mass is 10.0. The molecule has 0 amide bonds. The summed E-state index contributed by atoms with van der Waals surface area (Å²) >= 11 is 0. The lowest BCUT2D eigenvalue weighted by Crippen LogP contribution is -1.98.